The molecule has 0 atom stereocenters. The maximum atomic E-state index is 12.2. The third kappa shape index (κ3) is 3.59. The third-order valence-corrected chi connectivity index (χ3v) is 3.68. The number of para-hydroxylation sites is 1. The summed E-state index contributed by atoms with van der Waals surface area (Å²) in [5.74, 6) is 0.0562. The van der Waals surface area contributed by atoms with Crippen molar-refractivity contribution in [2.75, 3.05) is 18.0 Å². The normalized spacial score (nSPS) is 14.2. The molecule has 0 aliphatic carbocycles. The number of nitrogens with one attached hydrogen (secondary N) is 1. The molecule has 0 unspecified atom stereocenters. The predicted octanol–water partition coefficient (Wildman–Crippen LogP) is 3.04. The lowest BCUT2D eigenvalue weighted by Crippen LogP contribution is -2.29. The van der Waals surface area contributed by atoms with Crippen LogP contribution in [0.15, 0.2) is 48.5 Å². The molecule has 0 aromatic heterocycles. The van der Waals surface area contributed by atoms with Crippen LogP contribution in [0.2, 0.25) is 0 Å². The highest BCUT2D eigenvalue weighted by Crippen LogP contribution is 2.24. The Bertz CT molecular complexity index is 689. The van der Waals surface area contributed by atoms with Crippen LogP contribution in [0.25, 0.3) is 0 Å². The summed E-state index contributed by atoms with van der Waals surface area (Å²) in [6, 6.07) is 14.0. The lowest BCUT2D eigenvalue weighted by Gasteiger charge is -2.24. The Morgan fingerprint density at radius 1 is 1.13 bits per heavy atom. The zero-order valence-electron chi connectivity index (χ0n) is 12.3. The Morgan fingerprint density at radius 2 is 1.87 bits per heavy atom. The van der Waals surface area contributed by atoms with Crippen LogP contribution in [0.5, 0.6) is 5.75 Å². The number of carbonyl (C=O) groups is 1. The fourth-order valence-corrected chi connectivity index (χ4v) is 2.62. The van der Waals surface area contributed by atoms with Gasteiger partial charge in [-0.3, -0.25) is 4.79 Å². The van der Waals surface area contributed by atoms with Crippen LogP contribution in [-0.2, 0) is 6.54 Å². The molecule has 2 aromatic rings. The Morgan fingerprint density at radius 3 is 2.61 bits per heavy atom. The van der Waals surface area contributed by atoms with Crippen LogP contribution in [0.4, 0.5) is 14.5 Å². The van der Waals surface area contributed by atoms with E-state index in [4.69, 9.17) is 0 Å². The summed E-state index contributed by atoms with van der Waals surface area (Å²) in [7, 11) is 0. The number of hydrogen-bond acceptors (Lipinski definition) is 3. The number of alkyl halides is 2. The Hall–Kier alpha value is -2.63. The summed E-state index contributed by atoms with van der Waals surface area (Å²) in [5.41, 5.74) is 2.47. The van der Waals surface area contributed by atoms with E-state index < -0.39 is 6.61 Å². The highest BCUT2D eigenvalue weighted by Gasteiger charge is 2.20. The van der Waals surface area contributed by atoms with E-state index in [0.29, 0.717) is 25.2 Å². The molecule has 6 heteroatoms. The Balaban J connectivity index is 1.79. The minimum atomic E-state index is -2.82. The molecule has 1 heterocycles. The van der Waals surface area contributed by atoms with E-state index in [-0.39, 0.29) is 11.7 Å². The van der Waals surface area contributed by atoms with Crippen molar-refractivity contribution in [2.24, 2.45) is 0 Å². The molecule has 120 valence electrons. The number of fused-ring (bicyclic) bond motifs is 1. The van der Waals surface area contributed by atoms with E-state index >= 15 is 0 Å². The van der Waals surface area contributed by atoms with Gasteiger partial charge in [0.25, 0.3) is 5.91 Å². The van der Waals surface area contributed by atoms with Crippen molar-refractivity contribution in [3.8, 4) is 5.75 Å². The van der Waals surface area contributed by atoms with Crippen molar-refractivity contribution in [1.82, 2.24) is 5.32 Å². The molecule has 2 aromatic carbocycles. The number of halogens is 2. The summed E-state index contributed by atoms with van der Waals surface area (Å²) in [6.45, 7) is -1.01. The number of carbonyl (C=O) groups excluding carboxylic acids is 1. The molecule has 0 fully saturated rings. The van der Waals surface area contributed by atoms with Gasteiger partial charge in [-0.2, -0.15) is 8.78 Å². The quantitative estimate of drug-likeness (QED) is 0.942. The second kappa shape index (κ2) is 6.64. The standard InChI is InChI=1S/C17H16F2N2O2/c18-17(19)23-13-7-5-12(6-8-13)11-21-10-9-20-16(22)14-3-1-2-4-15(14)21/h1-8,17H,9-11H2,(H,20,22). The summed E-state index contributed by atoms with van der Waals surface area (Å²) in [4.78, 5) is 14.1. The number of nitrogens with zero attached hydrogens (tertiary/aromatic N) is 1. The largest absolute Gasteiger partial charge is 0.435 e. The summed E-state index contributed by atoms with van der Waals surface area (Å²) in [6.07, 6.45) is 0. The molecule has 0 bridgehead atoms. The molecule has 0 saturated carbocycles. The van der Waals surface area contributed by atoms with Gasteiger partial charge in [0.15, 0.2) is 0 Å². The molecule has 1 aliphatic rings. The highest BCUT2D eigenvalue weighted by atomic mass is 19.3. The number of hydrogen-bond donors (Lipinski definition) is 1. The molecule has 1 amide bonds. The first-order valence-corrected chi connectivity index (χ1v) is 7.29. The van der Waals surface area contributed by atoms with Crippen LogP contribution in [0.3, 0.4) is 0 Å². The van der Waals surface area contributed by atoms with E-state index in [1.54, 1.807) is 18.2 Å². The van der Waals surface area contributed by atoms with Crippen molar-refractivity contribution < 1.29 is 18.3 Å². The SMILES string of the molecule is O=C1NCCN(Cc2ccc(OC(F)F)cc2)c2ccccc21. The van der Waals surface area contributed by atoms with Gasteiger partial charge in [0, 0.05) is 25.3 Å². The van der Waals surface area contributed by atoms with Crippen LogP contribution in [0.1, 0.15) is 15.9 Å². The Kier molecular flexibility index (Phi) is 4.41. The first-order valence-electron chi connectivity index (χ1n) is 7.29. The fraction of sp³-hybridized carbons (Fsp3) is 0.235. The number of benzene rings is 2. The van der Waals surface area contributed by atoms with Crippen LogP contribution >= 0.6 is 0 Å². The number of amides is 1. The molecule has 23 heavy (non-hydrogen) atoms. The molecular formula is C17H16F2N2O2. The van der Waals surface area contributed by atoms with Gasteiger partial charge in [-0.25, -0.2) is 0 Å². The van der Waals surface area contributed by atoms with Crippen molar-refractivity contribution in [2.45, 2.75) is 13.2 Å². The van der Waals surface area contributed by atoms with Crippen molar-refractivity contribution >= 4 is 11.6 Å². The average Bonchev–Trinajstić information content (AvgIpc) is 2.69. The van der Waals surface area contributed by atoms with Crippen LogP contribution in [-0.4, -0.2) is 25.6 Å². The molecule has 0 radical (unpaired) electrons. The van der Waals surface area contributed by atoms with E-state index in [0.717, 1.165) is 11.3 Å². The monoisotopic (exact) mass is 318 g/mol. The number of anilines is 1. The molecular weight excluding hydrogens is 302 g/mol. The van der Waals surface area contributed by atoms with Gasteiger partial charge in [-0.05, 0) is 29.8 Å². The van der Waals surface area contributed by atoms with Gasteiger partial charge < -0.3 is 15.0 Å². The van der Waals surface area contributed by atoms with Crippen molar-refractivity contribution in [3.63, 3.8) is 0 Å². The second-order valence-corrected chi connectivity index (χ2v) is 5.22. The maximum Gasteiger partial charge on any atom is 0.387 e. The molecule has 1 N–H and O–H groups in total. The zero-order chi connectivity index (χ0) is 16.2. The van der Waals surface area contributed by atoms with Crippen LogP contribution in [0, 0.1) is 0 Å². The highest BCUT2D eigenvalue weighted by molar-refractivity contribution is 6.00. The van der Waals surface area contributed by atoms with E-state index in [1.165, 1.54) is 12.1 Å². The van der Waals surface area contributed by atoms with Gasteiger partial charge in [0.2, 0.25) is 0 Å². The van der Waals surface area contributed by atoms with Gasteiger partial charge in [0.1, 0.15) is 5.75 Å². The van der Waals surface area contributed by atoms with Crippen molar-refractivity contribution in [1.29, 1.82) is 0 Å². The zero-order valence-corrected chi connectivity index (χ0v) is 12.3. The second-order valence-electron chi connectivity index (χ2n) is 5.22. The van der Waals surface area contributed by atoms with E-state index in [1.807, 2.05) is 18.2 Å². The van der Waals surface area contributed by atoms with Gasteiger partial charge in [0.05, 0.1) is 5.56 Å². The van der Waals surface area contributed by atoms with E-state index in [9.17, 15) is 13.6 Å². The number of ether oxygens (including phenoxy) is 1. The molecule has 0 spiro atoms. The summed E-state index contributed by atoms with van der Waals surface area (Å²) >= 11 is 0. The van der Waals surface area contributed by atoms with Crippen LogP contribution < -0.4 is 15.0 Å². The molecule has 0 saturated heterocycles. The first-order chi connectivity index (χ1) is 11.1. The van der Waals surface area contributed by atoms with Gasteiger partial charge in [-0.1, -0.05) is 24.3 Å². The minimum absolute atomic E-state index is 0.0798. The average molecular weight is 318 g/mol. The topological polar surface area (TPSA) is 41.6 Å². The van der Waals surface area contributed by atoms with Crippen molar-refractivity contribution in [3.05, 3.63) is 59.7 Å². The minimum Gasteiger partial charge on any atom is -0.435 e. The maximum absolute atomic E-state index is 12.2. The summed E-state index contributed by atoms with van der Waals surface area (Å²) in [5, 5.41) is 2.86. The first kappa shape index (κ1) is 15.3. The lowest BCUT2D eigenvalue weighted by molar-refractivity contribution is -0.0498. The lowest BCUT2D eigenvalue weighted by atomic mass is 10.1. The molecule has 1 aliphatic heterocycles. The smallest absolute Gasteiger partial charge is 0.387 e. The van der Waals surface area contributed by atoms with Gasteiger partial charge >= 0.3 is 6.61 Å². The third-order valence-electron chi connectivity index (χ3n) is 3.68. The number of rotatable bonds is 4. The fourth-order valence-electron chi connectivity index (χ4n) is 2.62. The van der Waals surface area contributed by atoms with E-state index in [2.05, 4.69) is 15.0 Å². The predicted molar refractivity (Wildman–Crippen MR) is 82.9 cm³/mol. The molecule has 3 rings (SSSR count). The molecule has 4 nitrogen and oxygen atoms in total. The van der Waals surface area contributed by atoms with Gasteiger partial charge in [-0.15, -0.1) is 0 Å². The Labute approximate surface area is 132 Å². The summed E-state index contributed by atoms with van der Waals surface area (Å²) < 4.78 is 28.7.